The molecule has 0 heterocycles. The largest absolute Gasteiger partial charge is 0.274 e. The number of benzene rings is 1. The van der Waals surface area contributed by atoms with Crippen LogP contribution in [-0.2, 0) is 0 Å². The molecule has 1 fully saturated rings. The summed E-state index contributed by atoms with van der Waals surface area (Å²) in [5.41, 5.74) is 1.84. The highest BCUT2D eigenvalue weighted by Crippen LogP contribution is 2.21. The van der Waals surface area contributed by atoms with Gasteiger partial charge in [-0.15, -0.1) is 0 Å². The van der Waals surface area contributed by atoms with E-state index in [1.165, 1.54) is 24.3 Å². The monoisotopic (exact) mass is 232 g/mol. The number of hydrazine groups is 1. The summed E-state index contributed by atoms with van der Waals surface area (Å²) >= 11 is 0. The quantitative estimate of drug-likeness (QED) is 0.484. The van der Waals surface area contributed by atoms with Crippen LogP contribution in [0.2, 0.25) is 0 Å². The van der Waals surface area contributed by atoms with E-state index < -0.39 is 0 Å². The van der Waals surface area contributed by atoms with Crippen LogP contribution in [0.25, 0.3) is 0 Å². The van der Waals surface area contributed by atoms with Crippen LogP contribution < -0.4 is 5.84 Å². The van der Waals surface area contributed by atoms with Gasteiger partial charge in [-0.05, 0) is 31.9 Å². The van der Waals surface area contributed by atoms with Crippen LogP contribution in [0.15, 0.2) is 24.3 Å². The van der Waals surface area contributed by atoms with Crippen LogP contribution >= 0.6 is 0 Å². The normalized spacial score (nSPS) is 16.8. The second kappa shape index (κ2) is 5.32. The average molecular weight is 232 g/mol. The van der Waals surface area contributed by atoms with Gasteiger partial charge in [0.15, 0.2) is 0 Å². The highest BCUT2D eigenvalue weighted by molar-refractivity contribution is 5.94. The van der Waals surface area contributed by atoms with E-state index in [-0.39, 0.29) is 11.9 Å². The van der Waals surface area contributed by atoms with Gasteiger partial charge in [0.25, 0.3) is 5.91 Å². The number of hydrogen-bond donors (Lipinski definition) is 1. The van der Waals surface area contributed by atoms with E-state index in [2.05, 4.69) is 0 Å². The second-order valence-corrected chi connectivity index (χ2v) is 4.87. The topological polar surface area (TPSA) is 46.3 Å². The maximum absolute atomic E-state index is 12.2. The Kier molecular flexibility index (Phi) is 3.79. The number of nitrogens with two attached hydrogens (primary N) is 1. The van der Waals surface area contributed by atoms with Gasteiger partial charge in [0.2, 0.25) is 0 Å². The zero-order valence-electron chi connectivity index (χ0n) is 10.4. The van der Waals surface area contributed by atoms with Crippen molar-refractivity contribution < 1.29 is 4.79 Å². The third-order valence-electron chi connectivity index (χ3n) is 3.50. The minimum Gasteiger partial charge on any atom is -0.274 e. The summed E-state index contributed by atoms with van der Waals surface area (Å²) in [5.74, 6) is 5.89. The molecule has 1 aliphatic carbocycles. The van der Waals surface area contributed by atoms with Gasteiger partial charge in [0.05, 0.1) is 0 Å². The van der Waals surface area contributed by atoms with E-state index in [0.717, 1.165) is 18.4 Å². The van der Waals surface area contributed by atoms with Gasteiger partial charge in [-0.3, -0.25) is 9.80 Å². The third kappa shape index (κ3) is 2.86. The Bertz CT molecular complexity index is 380. The van der Waals surface area contributed by atoms with Crippen molar-refractivity contribution in [1.82, 2.24) is 5.01 Å². The Morgan fingerprint density at radius 2 is 1.76 bits per heavy atom. The maximum Gasteiger partial charge on any atom is 0.268 e. The molecule has 0 unspecified atom stereocenters. The first-order chi connectivity index (χ1) is 8.18. The molecule has 1 aromatic carbocycles. The summed E-state index contributed by atoms with van der Waals surface area (Å²) in [6, 6.07) is 7.81. The molecule has 2 rings (SSSR count). The van der Waals surface area contributed by atoms with E-state index >= 15 is 0 Å². The average Bonchev–Trinajstić information content (AvgIpc) is 2.39. The van der Waals surface area contributed by atoms with Crippen LogP contribution in [0.1, 0.15) is 48.0 Å². The van der Waals surface area contributed by atoms with Crippen molar-refractivity contribution >= 4 is 5.91 Å². The molecule has 0 radical (unpaired) electrons. The Hall–Kier alpha value is -1.35. The number of amides is 1. The third-order valence-corrected chi connectivity index (χ3v) is 3.50. The fourth-order valence-electron chi connectivity index (χ4n) is 2.37. The van der Waals surface area contributed by atoms with Crippen LogP contribution in [0.3, 0.4) is 0 Å². The van der Waals surface area contributed by atoms with Gasteiger partial charge in [0.1, 0.15) is 0 Å². The zero-order chi connectivity index (χ0) is 12.3. The number of hydrogen-bond acceptors (Lipinski definition) is 2. The highest BCUT2D eigenvalue weighted by atomic mass is 16.2. The maximum atomic E-state index is 12.2. The van der Waals surface area contributed by atoms with Crippen molar-refractivity contribution in [3.8, 4) is 0 Å². The van der Waals surface area contributed by atoms with Crippen molar-refractivity contribution in [2.24, 2.45) is 5.84 Å². The van der Waals surface area contributed by atoms with Gasteiger partial charge in [-0.1, -0.05) is 37.0 Å². The first-order valence-electron chi connectivity index (χ1n) is 6.33. The predicted molar refractivity (Wildman–Crippen MR) is 68.4 cm³/mol. The molecule has 1 aromatic rings. The standard InChI is InChI=1S/C14H20N2O/c1-11-7-9-12(10-8-11)14(17)16(15)13-5-3-2-4-6-13/h7-10,13H,2-6,15H2,1H3. The predicted octanol–water partition coefficient (Wildman–Crippen LogP) is 2.64. The van der Waals surface area contributed by atoms with Crippen LogP contribution in [-0.4, -0.2) is 17.0 Å². The van der Waals surface area contributed by atoms with Gasteiger partial charge >= 0.3 is 0 Å². The van der Waals surface area contributed by atoms with E-state index in [4.69, 9.17) is 5.84 Å². The minimum absolute atomic E-state index is 0.0584. The van der Waals surface area contributed by atoms with Crippen molar-refractivity contribution in [1.29, 1.82) is 0 Å². The van der Waals surface area contributed by atoms with E-state index in [1.807, 2.05) is 31.2 Å². The molecular formula is C14H20N2O. The van der Waals surface area contributed by atoms with Gasteiger partial charge in [-0.2, -0.15) is 0 Å². The molecular weight excluding hydrogens is 212 g/mol. The summed E-state index contributed by atoms with van der Waals surface area (Å²) in [6.07, 6.45) is 5.70. The fraction of sp³-hybridized carbons (Fsp3) is 0.500. The second-order valence-electron chi connectivity index (χ2n) is 4.87. The van der Waals surface area contributed by atoms with Crippen LogP contribution in [0, 0.1) is 6.92 Å². The number of carbonyl (C=O) groups excluding carboxylic acids is 1. The lowest BCUT2D eigenvalue weighted by molar-refractivity contribution is 0.0633. The molecule has 0 aromatic heterocycles. The van der Waals surface area contributed by atoms with Gasteiger partial charge in [0, 0.05) is 11.6 Å². The van der Waals surface area contributed by atoms with Crippen LogP contribution in [0.4, 0.5) is 0 Å². The Morgan fingerprint density at radius 1 is 1.18 bits per heavy atom. The molecule has 1 saturated carbocycles. The SMILES string of the molecule is Cc1ccc(C(=O)N(N)C2CCCCC2)cc1. The Labute approximate surface area is 103 Å². The van der Waals surface area contributed by atoms with Gasteiger partial charge in [-0.25, -0.2) is 5.84 Å². The van der Waals surface area contributed by atoms with E-state index in [0.29, 0.717) is 5.56 Å². The number of carbonyl (C=O) groups is 1. The molecule has 0 bridgehead atoms. The van der Waals surface area contributed by atoms with E-state index in [9.17, 15) is 4.79 Å². The molecule has 17 heavy (non-hydrogen) atoms. The summed E-state index contributed by atoms with van der Waals surface area (Å²) in [6.45, 7) is 2.01. The van der Waals surface area contributed by atoms with Gasteiger partial charge < -0.3 is 0 Å². The van der Waals surface area contributed by atoms with Crippen molar-refractivity contribution in [2.45, 2.75) is 45.1 Å². The molecule has 92 valence electrons. The molecule has 0 aliphatic heterocycles. The lowest BCUT2D eigenvalue weighted by atomic mass is 9.94. The first-order valence-corrected chi connectivity index (χ1v) is 6.33. The summed E-state index contributed by atoms with van der Waals surface area (Å²) in [4.78, 5) is 12.2. The number of rotatable bonds is 2. The molecule has 1 amide bonds. The smallest absolute Gasteiger partial charge is 0.268 e. The summed E-state index contributed by atoms with van der Waals surface area (Å²) in [5, 5.41) is 1.43. The Morgan fingerprint density at radius 3 is 2.35 bits per heavy atom. The molecule has 0 spiro atoms. The van der Waals surface area contributed by atoms with Crippen molar-refractivity contribution in [2.75, 3.05) is 0 Å². The van der Waals surface area contributed by atoms with Crippen molar-refractivity contribution in [3.05, 3.63) is 35.4 Å². The number of aryl methyl sites for hydroxylation is 1. The fourth-order valence-corrected chi connectivity index (χ4v) is 2.37. The molecule has 2 N–H and O–H groups in total. The lowest BCUT2D eigenvalue weighted by Crippen LogP contribution is -2.46. The molecule has 0 saturated heterocycles. The van der Waals surface area contributed by atoms with E-state index in [1.54, 1.807) is 0 Å². The van der Waals surface area contributed by atoms with Crippen molar-refractivity contribution in [3.63, 3.8) is 0 Å². The molecule has 3 heteroatoms. The molecule has 0 atom stereocenters. The molecule has 1 aliphatic rings. The summed E-state index contributed by atoms with van der Waals surface area (Å²) < 4.78 is 0. The highest BCUT2D eigenvalue weighted by Gasteiger charge is 2.23. The molecule has 3 nitrogen and oxygen atoms in total. The van der Waals surface area contributed by atoms with Crippen LogP contribution in [0.5, 0.6) is 0 Å². The summed E-state index contributed by atoms with van der Waals surface area (Å²) in [7, 11) is 0. The minimum atomic E-state index is -0.0584. The lowest BCUT2D eigenvalue weighted by Gasteiger charge is -2.30. The Balaban J connectivity index is 2.05. The first kappa shape index (κ1) is 12.1. The number of nitrogens with zero attached hydrogens (tertiary/aromatic N) is 1. The zero-order valence-corrected chi connectivity index (χ0v) is 10.4.